The van der Waals surface area contributed by atoms with Crippen molar-refractivity contribution in [3.05, 3.63) is 29.6 Å². The molecule has 5 heteroatoms. The van der Waals surface area contributed by atoms with Crippen LogP contribution in [0.5, 0.6) is 0 Å². The number of hydrogen-bond donors (Lipinski definition) is 1. The van der Waals surface area contributed by atoms with E-state index in [1.807, 2.05) is 0 Å². The molecule has 1 aromatic carbocycles. The first-order valence-electron chi connectivity index (χ1n) is 3.83. The number of anilines is 1. The van der Waals surface area contributed by atoms with Gasteiger partial charge < -0.3 is 5.32 Å². The van der Waals surface area contributed by atoms with E-state index in [4.69, 9.17) is 0 Å². The summed E-state index contributed by atoms with van der Waals surface area (Å²) in [6.07, 6.45) is 1.57. The zero-order valence-corrected chi connectivity index (χ0v) is 7.27. The SMILES string of the molecule is C[C@@H]([C]=O)Nc1cc(F)c(F)c(F)c1. The molecule has 0 aliphatic rings. The highest BCUT2D eigenvalue weighted by atomic mass is 19.2. The van der Waals surface area contributed by atoms with Crippen LogP contribution in [-0.2, 0) is 4.79 Å². The predicted molar refractivity (Wildman–Crippen MR) is 45.1 cm³/mol. The molecule has 2 nitrogen and oxygen atoms in total. The molecule has 0 amide bonds. The van der Waals surface area contributed by atoms with Gasteiger partial charge in [0.25, 0.3) is 0 Å². The quantitative estimate of drug-likeness (QED) is 0.759. The Kier molecular flexibility index (Phi) is 3.11. The molecule has 0 aliphatic heterocycles. The first kappa shape index (κ1) is 10.6. The largest absolute Gasteiger partial charge is 0.375 e. The van der Waals surface area contributed by atoms with Crippen LogP contribution in [0.1, 0.15) is 6.92 Å². The van der Waals surface area contributed by atoms with Crippen molar-refractivity contribution < 1.29 is 18.0 Å². The van der Waals surface area contributed by atoms with Crippen LogP contribution >= 0.6 is 0 Å². The van der Waals surface area contributed by atoms with E-state index in [1.165, 1.54) is 6.92 Å². The van der Waals surface area contributed by atoms with Crippen LogP contribution in [0.2, 0.25) is 0 Å². The number of hydrogen-bond acceptors (Lipinski definition) is 2. The normalized spacial score (nSPS) is 12.3. The standard InChI is InChI=1S/C9H7F3NO/c1-5(4-14)13-6-2-7(10)9(12)8(11)3-6/h2-3,5,13H,1H3/t5-/m0/s1. The van der Waals surface area contributed by atoms with Crippen LogP contribution in [0, 0.1) is 17.5 Å². The molecule has 1 atom stereocenters. The van der Waals surface area contributed by atoms with Gasteiger partial charge in [0, 0.05) is 17.8 Å². The van der Waals surface area contributed by atoms with Crippen molar-refractivity contribution in [2.75, 3.05) is 5.32 Å². The smallest absolute Gasteiger partial charge is 0.222 e. The number of rotatable bonds is 3. The lowest BCUT2D eigenvalue weighted by Crippen LogP contribution is -2.16. The second kappa shape index (κ2) is 4.13. The molecular formula is C9H7F3NO. The molecule has 1 radical (unpaired) electrons. The Labute approximate surface area is 78.7 Å². The molecular weight excluding hydrogens is 195 g/mol. The van der Waals surface area contributed by atoms with E-state index < -0.39 is 23.5 Å². The summed E-state index contributed by atoms with van der Waals surface area (Å²) in [5.41, 5.74) is -0.00255. The highest BCUT2D eigenvalue weighted by Crippen LogP contribution is 2.17. The van der Waals surface area contributed by atoms with Gasteiger partial charge in [-0.25, -0.2) is 13.2 Å². The molecule has 0 spiro atoms. The fourth-order valence-corrected chi connectivity index (χ4v) is 0.918. The lowest BCUT2D eigenvalue weighted by Gasteiger charge is -2.08. The van der Waals surface area contributed by atoms with E-state index in [0.717, 1.165) is 12.1 Å². The van der Waals surface area contributed by atoms with E-state index in [1.54, 1.807) is 6.29 Å². The van der Waals surface area contributed by atoms with Crippen molar-refractivity contribution >= 4 is 12.0 Å². The minimum absolute atomic E-state index is 0.00255. The molecule has 1 N–H and O–H groups in total. The monoisotopic (exact) mass is 202 g/mol. The number of benzene rings is 1. The topological polar surface area (TPSA) is 29.1 Å². The molecule has 0 aromatic heterocycles. The Morgan fingerprint density at radius 1 is 1.29 bits per heavy atom. The van der Waals surface area contributed by atoms with Crippen molar-refractivity contribution in [3.63, 3.8) is 0 Å². The summed E-state index contributed by atoms with van der Waals surface area (Å²) >= 11 is 0. The van der Waals surface area contributed by atoms with Gasteiger partial charge in [0.05, 0.1) is 6.04 Å². The summed E-state index contributed by atoms with van der Waals surface area (Å²) in [5.74, 6) is -4.13. The van der Waals surface area contributed by atoms with Gasteiger partial charge in [-0.15, -0.1) is 0 Å². The second-order valence-corrected chi connectivity index (χ2v) is 2.74. The molecule has 0 unspecified atom stereocenters. The second-order valence-electron chi connectivity index (χ2n) is 2.74. The highest BCUT2D eigenvalue weighted by molar-refractivity contribution is 5.64. The Bertz CT molecular complexity index is 331. The molecule has 0 saturated heterocycles. The van der Waals surface area contributed by atoms with Gasteiger partial charge in [-0.3, -0.25) is 4.79 Å². The summed E-state index contributed by atoms with van der Waals surface area (Å²) in [7, 11) is 0. The summed E-state index contributed by atoms with van der Waals surface area (Å²) in [6, 6.07) is 0.831. The molecule has 0 fully saturated rings. The van der Waals surface area contributed by atoms with Gasteiger partial charge in [0.2, 0.25) is 6.29 Å². The zero-order chi connectivity index (χ0) is 10.7. The molecule has 0 aliphatic carbocycles. The predicted octanol–water partition coefficient (Wildman–Crippen LogP) is 2.01. The van der Waals surface area contributed by atoms with Crippen LogP contribution in [0.4, 0.5) is 18.9 Å². The maximum atomic E-state index is 12.6. The number of halogens is 3. The zero-order valence-electron chi connectivity index (χ0n) is 7.27. The van der Waals surface area contributed by atoms with Gasteiger partial charge in [0.1, 0.15) is 0 Å². The lowest BCUT2D eigenvalue weighted by atomic mass is 10.2. The Balaban J connectivity index is 2.95. The molecule has 0 bridgehead atoms. The van der Waals surface area contributed by atoms with Gasteiger partial charge in [-0.1, -0.05) is 0 Å². The summed E-state index contributed by atoms with van der Waals surface area (Å²) in [6.45, 7) is 1.45. The van der Waals surface area contributed by atoms with Gasteiger partial charge in [0.15, 0.2) is 17.5 Å². The van der Waals surface area contributed by atoms with Crippen molar-refractivity contribution in [2.24, 2.45) is 0 Å². The van der Waals surface area contributed by atoms with E-state index in [2.05, 4.69) is 5.32 Å². The minimum Gasteiger partial charge on any atom is -0.375 e. The maximum Gasteiger partial charge on any atom is 0.222 e. The minimum atomic E-state index is -1.53. The molecule has 1 rings (SSSR count). The van der Waals surface area contributed by atoms with Gasteiger partial charge in [-0.2, -0.15) is 0 Å². The molecule has 0 heterocycles. The fraction of sp³-hybridized carbons (Fsp3) is 0.222. The first-order valence-corrected chi connectivity index (χ1v) is 3.83. The van der Waals surface area contributed by atoms with Crippen molar-refractivity contribution in [1.29, 1.82) is 0 Å². The van der Waals surface area contributed by atoms with Crippen LogP contribution in [0.25, 0.3) is 0 Å². The summed E-state index contributed by atoms with van der Waals surface area (Å²) < 4.78 is 37.8. The highest BCUT2D eigenvalue weighted by Gasteiger charge is 2.11. The van der Waals surface area contributed by atoms with Crippen molar-refractivity contribution in [2.45, 2.75) is 13.0 Å². The Morgan fingerprint density at radius 2 is 1.79 bits per heavy atom. The Morgan fingerprint density at radius 3 is 2.21 bits per heavy atom. The molecule has 0 saturated carbocycles. The number of nitrogens with one attached hydrogen (secondary N) is 1. The third kappa shape index (κ3) is 2.25. The van der Waals surface area contributed by atoms with Crippen LogP contribution in [-0.4, -0.2) is 12.3 Å². The average Bonchev–Trinajstić information content (AvgIpc) is 2.14. The van der Waals surface area contributed by atoms with E-state index in [9.17, 15) is 18.0 Å². The third-order valence-electron chi connectivity index (χ3n) is 1.54. The van der Waals surface area contributed by atoms with Crippen molar-refractivity contribution in [3.8, 4) is 0 Å². The van der Waals surface area contributed by atoms with Crippen LogP contribution < -0.4 is 5.32 Å². The van der Waals surface area contributed by atoms with Crippen LogP contribution in [0.15, 0.2) is 12.1 Å². The first-order chi connectivity index (χ1) is 6.54. The molecule has 1 aromatic rings. The summed E-state index contributed by atoms with van der Waals surface area (Å²) in [4.78, 5) is 10.1. The van der Waals surface area contributed by atoms with E-state index >= 15 is 0 Å². The molecule has 75 valence electrons. The fourth-order valence-electron chi connectivity index (χ4n) is 0.918. The number of carbonyl (C=O) groups excluding carboxylic acids is 1. The van der Waals surface area contributed by atoms with Gasteiger partial charge >= 0.3 is 0 Å². The Hall–Kier alpha value is -1.52. The van der Waals surface area contributed by atoms with Crippen molar-refractivity contribution in [1.82, 2.24) is 0 Å². The molecule has 14 heavy (non-hydrogen) atoms. The lowest BCUT2D eigenvalue weighted by molar-refractivity contribution is 0.447. The third-order valence-corrected chi connectivity index (χ3v) is 1.54. The maximum absolute atomic E-state index is 12.6. The van der Waals surface area contributed by atoms with E-state index in [-0.39, 0.29) is 5.69 Å². The van der Waals surface area contributed by atoms with Gasteiger partial charge in [-0.05, 0) is 6.92 Å². The van der Waals surface area contributed by atoms with E-state index in [0.29, 0.717) is 0 Å². The van der Waals surface area contributed by atoms with Crippen LogP contribution in [0.3, 0.4) is 0 Å². The average molecular weight is 202 g/mol. The summed E-state index contributed by atoms with van der Waals surface area (Å²) in [5, 5.41) is 2.43.